The molecule has 3 rings (SSSR count). The van der Waals surface area contributed by atoms with Gasteiger partial charge in [0.05, 0.1) is 24.8 Å². The van der Waals surface area contributed by atoms with Gasteiger partial charge < -0.3 is 9.47 Å². The molecule has 1 saturated heterocycles. The van der Waals surface area contributed by atoms with Gasteiger partial charge in [0.2, 0.25) is 0 Å². The van der Waals surface area contributed by atoms with E-state index >= 15 is 0 Å². The molecule has 2 aromatic carbocycles. The molecule has 1 aliphatic heterocycles. The zero-order chi connectivity index (χ0) is 21.0. The van der Waals surface area contributed by atoms with Crippen LogP contribution in [0.4, 0.5) is 4.79 Å². The summed E-state index contributed by atoms with van der Waals surface area (Å²) in [4.78, 5) is 24.2. The van der Waals surface area contributed by atoms with Crippen LogP contribution in [-0.4, -0.2) is 36.8 Å². The van der Waals surface area contributed by atoms with Crippen LogP contribution in [0.25, 0.3) is 0 Å². The van der Waals surface area contributed by atoms with Crippen molar-refractivity contribution < 1.29 is 19.1 Å². The lowest BCUT2D eigenvalue weighted by Crippen LogP contribution is -2.50. The van der Waals surface area contributed by atoms with Crippen LogP contribution in [0.3, 0.4) is 0 Å². The quantitative estimate of drug-likeness (QED) is 0.744. The lowest BCUT2D eigenvalue weighted by molar-refractivity contribution is 0.0600. The Morgan fingerprint density at radius 3 is 2.41 bits per heavy atom. The van der Waals surface area contributed by atoms with Gasteiger partial charge in [0.1, 0.15) is 6.61 Å². The smallest absolute Gasteiger partial charge is 0.424 e. The third kappa shape index (κ3) is 4.95. The summed E-state index contributed by atoms with van der Waals surface area (Å²) in [5.74, 6) is -0.372. The topological polar surface area (TPSA) is 67.9 Å². The van der Waals surface area contributed by atoms with Crippen molar-refractivity contribution in [1.82, 2.24) is 10.4 Å². The fourth-order valence-electron chi connectivity index (χ4n) is 3.49. The van der Waals surface area contributed by atoms with Gasteiger partial charge in [0.15, 0.2) is 0 Å². The van der Waals surface area contributed by atoms with Gasteiger partial charge in [0, 0.05) is 0 Å². The number of hydrogen-bond donors (Lipinski definition) is 1. The van der Waals surface area contributed by atoms with E-state index in [4.69, 9.17) is 9.47 Å². The van der Waals surface area contributed by atoms with Gasteiger partial charge in [-0.3, -0.25) is 0 Å². The summed E-state index contributed by atoms with van der Waals surface area (Å²) in [6.45, 7) is 6.66. The Hall–Kier alpha value is -2.86. The molecule has 0 radical (unpaired) electrons. The van der Waals surface area contributed by atoms with Crippen molar-refractivity contribution >= 4 is 12.1 Å². The van der Waals surface area contributed by atoms with E-state index in [1.165, 1.54) is 7.11 Å². The molecule has 2 atom stereocenters. The number of esters is 1. The van der Waals surface area contributed by atoms with Crippen LogP contribution < -0.4 is 5.43 Å². The number of cyclic esters (lactones) is 1. The maximum absolute atomic E-state index is 12.4. The average Bonchev–Trinajstić information content (AvgIpc) is 3.04. The van der Waals surface area contributed by atoms with Gasteiger partial charge in [0.25, 0.3) is 0 Å². The molecular weight excluding hydrogens is 368 g/mol. The van der Waals surface area contributed by atoms with E-state index in [0.717, 1.165) is 11.1 Å². The minimum atomic E-state index is -0.372. The van der Waals surface area contributed by atoms with Crippen molar-refractivity contribution in [3.63, 3.8) is 0 Å². The molecule has 0 spiro atoms. The van der Waals surface area contributed by atoms with E-state index in [9.17, 15) is 9.59 Å². The van der Waals surface area contributed by atoms with Crippen LogP contribution in [0.15, 0.2) is 54.6 Å². The second-order valence-electron chi connectivity index (χ2n) is 8.33. The summed E-state index contributed by atoms with van der Waals surface area (Å²) in [5, 5.41) is 1.61. The summed E-state index contributed by atoms with van der Waals surface area (Å²) in [6, 6.07) is 17.1. The number of carbonyl (C=O) groups excluding carboxylic acids is 2. The summed E-state index contributed by atoms with van der Waals surface area (Å²) in [5.41, 5.74) is 5.83. The Bertz CT molecular complexity index is 843. The van der Waals surface area contributed by atoms with Gasteiger partial charge >= 0.3 is 12.1 Å². The minimum absolute atomic E-state index is 0.0934. The largest absolute Gasteiger partial charge is 0.465 e. The summed E-state index contributed by atoms with van der Waals surface area (Å²) in [7, 11) is 1.36. The Labute approximate surface area is 171 Å². The highest BCUT2D eigenvalue weighted by Gasteiger charge is 2.37. The second kappa shape index (κ2) is 8.66. The summed E-state index contributed by atoms with van der Waals surface area (Å²) in [6.07, 6.45) is 0.337. The highest BCUT2D eigenvalue weighted by Crippen LogP contribution is 2.34. The van der Waals surface area contributed by atoms with Crippen molar-refractivity contribution in [2.45, 2.75) is 39.3 Å². The first kappa shape index (κ1) is 20.9. The molecule has 1 aliphatic rings. The highest BCUT2D eigenvalue weighted by atomic mass is 16.6. The molecule has 1 fully saturated rings. The Kier molecular flexibility index (Phi) is 6.23. The van der Waals surface area contributed by atoms with Crippen molar-refractivity contribution in [1.29, 1.82) is 0 Å². The normalized spacial score (nSPS) is 17.7. The number of nitrogens with zero attached hydrogens (tertiary/aromatic N) is 1. The zero-order valence-electron chi connectivity index (χ0n) is 17.3. The zero-order valence-corrected chi connectivity index (χ0v) is 17.3. The predicted octanol–water partition coefficient (Wildman–Crippen LogP) is 4.13. The lowest BCUT2D eigenvalue weighted by Gasteiger charge is -2.36. The van der Waals surface area contributed by atoms with Crippen molar-refractivity contribution in [3.05, 3.63) is 71.3 Å². The predicted molar refractivity (Wildman–Crippen MR) is 110 cm³/mol. The van der Waals surface area contributed by atoms with Gasteiger partial charge in [-0.25, -0.2) is 20.0 Å². The SMILES string of the molecule is COC(=O)c1ccc(C(NN2C(=O)OCC2Cc2ccccc2)C(C)(C)C)cc1. The number of rotatable bonds is 6. The number of hydrogen-bond acceptors (Lipinski definition) is 5. The molecule has 0 bridgehead atoms. The van der Waals surface area contributed by atoms with Crippen molar-refractivity contribution in [2.75, 3.05) is 13.7 Å². The van der Waals surface area contributed by atoms with E-state index in [1.807, 2.05) is 42.5 Å². The molecule has 0 aromatic heterocycles. The monoisotopic (exact) mass is 396 g/mol. The van der Waals surface area contributed by atoms with Crippen LogP contribution in [-0.2, 0) is 15.9 Å². The molecule has 2 aromatic rings. The second-order valence-corrected chi connectivity index (χ2v) is 8.33. The molecule has 1 N–H and O–H groups in total. The number of carbonyl (C=O) groups is 2. The molecule has 1 heterocycles. The molecule has 0 saturated carbocycles. The Morgan fingerprint density at radius 1 is 1.17 bits per heavy atom. The third-order valence-electron chi connectivity index (χ3n) is 5.07. The number of methoxy groups -OCH3 is 1. The molecule has 154 valence electrons. The van der Waals surface area contributed by atoms with Crippen molar-refractivity contribution in [2.24, 2.45) is 5.41 Å². The van der Waals surface area contributed by atoms with Gasteiger partial charge in [-0.05, 0) is 35.1 Å². The van der Waals surface area contributed by atoms with Crippen molar-refractivity contribution in [3.8, 4) is 0 Å². The van der Waals surface area contributed by atoms with Crippen LogP contribution in [0.2, 0.25) is 0 Å². The van der Waals surface area contributed by atoms with Gasteiger partial charge in [-0.1, -0.05) is 63.2 Å². The molecule has 0 aliphatic carbocycles. The fourth-order valence-corrected chi connectivity index (χ4v) is 3.49. The molecular formula is C23H28N2O4. The van der Waals surface area contributed by atoms with E-state index in [1.54, 1.807) is 17.1 Å². The Morgan fingerprint density at radius 2 is 1.83 bits per heavy atom. The number of benzene rings is 2. The van der Waals surface area contributed by atoms with Crippen LogP contribution in [0.5, 0.6) is 0 Å². The molecule has 29 heavy (non-hydrogen) atoms. The fraction of sp³-hybridized carbons (Fsp3) is 0.391. The summed E-state index contributed by atoms with van der Waals surface area (Å²) < 4.78 is 10.1. The number of amides is 1. The maximum atomic E-state index is 12.4. The summed E-state index contributed by atoms with van der Waals surface area (Å²) >= 11 is 0. The number of hydrazine groups is 1. The number of nitrogens with one attached hydrogen (secondary N) is 1. The molecule has 6 heteroatoms. The average molecular weight is 396 g/mol. The van der Waals surface area contributed by atoms with E-state index in [0.29, 0.717) is 18.6 Å². The molecule has 6 nitrogen and oxygen atoms in total. The highest BCUT2D eigenvalue weighted by molar-refractivity contribution is 5.89. The number of ether oxygens (including phenoxy) is 2. The first-order valence-electron chi connectivity index (χ1n) is 9.74. The maximum Gasteiger partial charge on any atom is 0.424 e. The van der Waals surface area contributed by atoms with Gasteiger partial charge in [-0.2, -0.15) is 0 Å². The molecule has 1 amide bonds. The van der Waals surface area contributed by atoms with Gasteiger partial charge in [-0.15, -0.1) is 0 Å². The van der Waals surface area contributed by atoms with E-state index in [-0.39, 0.29) is 29.6 Å². The van der Waals surface area contributed by atoms with Crippen LogP contribution >= 0.6 is 0 Å². The molecule has 2 unspecified atom stereocenters. The third-order valence-corrected chi connectivity index (χ3v) is 5.07. The van der Waals surface area contributed by atoms with Crippen LogP contribution in [0, 0.1) is 5.41 Å². The minimum Gasteiger partial charge on any atom is -0.465 e. The first-order chi connectivity index (χ1) is 13.8. The van der Waals surface area contributed by atoms with E-state index in [2.05, 4.69) is 26.2 Å². The Balaban J connectivity index is 1.81. The first-order valence-corrected chi connectivity index (χ1v) is 9.74. The van der Waals surface area contributed by atoms with E-state index < -0.39 is 0 Å². The standard InChI is InChI=1S/C23H28N2O4/c1-23(2,3)20(17-10-12-18(13-11-17)21(26)28-4)24-25-19(15-29-22(25)27)14-16-8-6-5-7-9-16/h5-13,19-20,24H,14-15H2,1-4H3. The van der Waals surface area contributed by atoms with Crippen LogP contribution in [0.1, 0.15) is 48.3 Å². The lowest BCUT2D eigenvalue weighted by atomic mass is 9.82.